The van der Waals surface area contributed by atoms with E-state index in [1.165, 1.54) is 0 Å². The molecule has 1 aromatic carbocycles. The predicted octanol–water partition coefficient (Wildman–Crippen LogP) is 3.70. The first-order valence-electron chi connectivity index (χ1n) is 4.74. The third kappa shape index (κ3) is 2.01. The molecule has 14 heavy (non-hydrogen) atoms. The molecule has 2 heteroatoms. The van der Waals surface area contributed by atoms with Crippen LogP contribution in [0, 0.1) is 5.41 Å². The molecular weight excluding hydrogens is 240 g/mol. The highest BCUT2D eigenvalue weighted by molar-refractivity contribution is 9.10. The van der Waals surface area contributed by atoms with Gasteiger partial charge in [0.25, 0.3) is 0 Å². The van der Waals surface area contributed by atoms with Crippen LogP contribution in [0.15, 0.2) is 28.7 Å². The zero-order valence-corrected chi connectivity index (χ0v) is 10.7. The molecule has 0 aromatic heterocycles. The fourth-order valence-corrected chi connectivity index (χ4v) is 1.93. The molecule has 0 saturated heterocycles. The Morgan fingerprint density at radius 2 is 1.57 bits per heavy atom. The third-order valence-corrected chi connectivity index (χ3v) is 3.55. The summed E-state index contributed by atoms with van der Waals surface area (Å²) in [6, 6.07) is 7.80. The van der Waals surface area contributed by atoms with Crippen LogP contribution in [-0.2, 0) is 5.60 Å². The highest BCUT2D eigenvalue weighted by atomic mass is 79.9. The number of halogens is 1. The molecule has 1 N–H and O–H groups in total. The van der Waals surface area contributed by atoms with E-state index in [0.717, 1.165) is 10.0 Å². The van der Waals surface area contributed by atoms with Crippen molar-refractivity contribution in [3.8, 4) is 0 Å². The van der Waals surface area contributed by atoms with Crippen LogP contribution >= 0.6 is 15.9 Å². The first kappa shape index (κ1) is 11.7. The molecular formula is C12H17BrO. The predicted molar refractivity (Wildman–Crippen MR) is 63.2 cm³/mol. The molecule has 0 radical (unpaired) electrons. The Labute approximate surface area is 94.3 Å². The Balaban J connectivity index is 3.23. The summed E-state index contributed by atoms with van der Waals surface area (Å²) in [5.41, 5.74) is -0.0725. The minimum atomic E-state index is -0.826. The summed E-state index contributed by atoms with van der Waals surface area (Å²) < 4.78 is 0.958. The van der Waals surface area contributed by atoms with E-state index in [9.17, 15) is 5.11 Å². The monoisotopic (exact) mass is 256 g/mol. The van der Waals surface area contributed by atoms with Gasteiger partial charge in [0, 0.05) is 4.47 Å². The Hall–Kier alpha value is -0.340. The van der Waals surface area contributed by atoms with Crippen LogP contribution in [0.3, 0.4) is 0 Å². The van der Waals surface area contributed by atoms with Gasteiger partial charge in [0.2, 0.25) is 0 Å². The Kier molecular flexibility index (Phi) is 3.07. The van der Waals surface area contributed by atoms with Crippen LogP contribution in [0.1, 0.15) is 33.3 Å². The highest BCUT2D eigenvalue weighted by Gasteiger charge is 2.37. The van der Waals surface area contributed by atoms with Gasteiger partial charge >= 0.3 is 0 Å². The highest BCUT2D eigenvalue weighted by Crippen LogP contribution is 2.41. The molecule has 0 aliphatic rings. The van der Waals surface area contributed by atoms with E-state index in [1.54, 1.807) is 0 Å². The van der Waals surface area contributed by atoms with Gasteiger partial charge in [0.15, 0.2) is 0 Å². The summed E-state index contributed by atoms with van der Waals surface area (Å²) in [6.45, 7) is 7.96. The molecule has 0 amide bonds. The standard InChI is InChI=1S/C12H17BrO/c1-11(2,3)12(4,14)9-7-5-6-8-10(9)13/h5-8,14H,1-4H3. The molecule has 0 spiro atoms. The second kappa shape index (κ2) is 3.67. The van der Waals surface area contributed by atoms with Crippen molar-refractivity contribution >= 4 is 15.9 Å². The van der Waals surface area contributed by atoms with Crippen LogP contribution in [0.25, 0.3) is 0 Å². The van der Waals surface area contributed by atoms with E-state index in [2.05, 4.69) is 15.9 Å². The van der Waals surface area contributed by atoms with E-state index >= 15 is 0 Å². The molecule has 78 valence electrons. The topological polar surface area (TPSA) is 20.2 Å². The smallest absolute Gasteiger partial charge is 0.0927 e. The second-order valence-corrected chi connectivity index (χ2v) is 5.66. The van der Waals surface area contributed by atoms with Gasteiger partial charge in [-0.3, -0.25) is 0 Å². The lowest BCUT2D eigenvalue weighted by Crippen LogP contribution is -2.37. The summed E-state index contributed by atoms with van der Waals surface area (Å²) in [7, 11) is 0. The van der Waals surface area contributed by atoms with Crippen LogP contribution < -0.4 is 0 Å². The second-order valence-electron chi connectivity index (χ2n) is 4.80. The normalized spacial score (nSPS) is 16.4. The van der Waals surface area contributed by atoms with Gasteiger partial charge in [0.1, 0.15) is 0 Å². The van der Waals surface area contributed by atoms with Gasteiger partial charge in [0.05, 0.1) is 5.60 Å². The third-order valence-electron chi connectivity index (χ3n) is 2.86. The maximum Gasteiger partial charge on any atom is 0.0927 e. The maximum absolute atomic E-state index is 10.5. The van der Waals surface area contributed by atoms with Gasteiger partial charge in [-0.15, -0.1) is 0 Å². The van der Waals surface area contributed by atoms with Gasteiger partial charge in [-0.25, -0.2) is 0 Å². The SMILES string of the molecule is CC(C)(C)C(C)(O)c1ccccc1Br. The number of hydrogen-bond acceptors (Lipinski definition) is 1. The van der Waals surface area contributed by atoms with Crippen LogP contribution in [0.2, 0.25) is 0 Å². The van der Waals surface area contributed by atoms with Crippen molar-refractivity contribution in [2.24, 2.45) is 5.41 Å². The van der Waals surface area contributed by atoms with Gasteiger partial charge in [-0.05, 0) is 24.0 Å². The minimum absolute atomic E-state index is 0.184. The van der Waals surface area contributed by atoms with E-state index in [-0.39, 0.29) is 5.41 Å². The first-order valence-corrected chi connectivity index (χ1v) is 5.53. The lowest BCUT2D eigenvalue weighted by atomic mass is 9.73. The molecule has 1 rings (SSSR count). The van der Waals surface area contributed by atoms with Crippen molar-refractivity contribution in [3.63, 3.8) is 0 Å². The van der Waals surface area contributed by atoms with Gasteiger partial charge in [-0.2, -0.15) is 0 Å². The van der Waals surface area contributed by atoms with E-state index in [4.69, 9.17) is 0 Å². The van der Waals surface area contributed by atoms with Crippen LogP contribution in [-0.4, -0.2) is 5.11 Å². The molecule has 0 saturated carbocycles. The van der Waals surface area contributed by atoms with Crippen LogP contribution in [0.5, 0.6) is 0 Å². The Bertz CT molecular complexity index is 323. The summed E-state index contributed by atoms with van der Waals surface area (Å²) in [5.74, 6) is 0. The van der Waals surface area contributed by atoms with Crippen LogP contribution in [0.4, 0.5) is 0 Å². The summed E-state index contributed by atoms with van der Waals surface area (Å²) in [6.07, 6.45) is 0. The van der Waals surface area contributed by atoms with E-state index in [0.29, 0.717) is 0 Å². The van der Waals surface area contributed by atoms with Crippen molar-refractivity contribution in [2.75, 3.05) is 0 Å². The summed E-state index contributed by atoms with van der Waals surface area (Å²) >= 11 is 3.46. The van der Waals surface area contributed by atoms with Crippen molar-refractivity contribution in [1.82, 2.24) is 0 Å². The number of hydrogen-bond donors (Lipinski definition) is 1. The molecule has 0 heterocycles. The Morgan fingerprint density at radius 3 is 2.00 bits per heavy atom. The molecule has 0 aliphatic heterocycles. The maximum atomic E-state index is 10.5. The lowest BCUT2D eigenvalue weighted by Gasteiger charge is -2.38. The summed E-state index contributed by atoms with van der Waals surface area (Å²) in [4.78, 5) is 0. The van der Waals surface area contributed by atoms with Gasteiger partial charge < -0.3 is 5.11 Å². The Morgan fingerprint density at radius 1 is 1.07 bits per heavy atom. The molecule has 1 aromatic rings. The molecule has 1 nitrogen and oxygen atoms in total. The first-order chi connectivity index (χ1) is 6.27. The molecule has 0 bridgehead atoms. The lowest BCUT2D eigenvalue weighted by molar-refractivity contribution is -0.0476. The van der Waals surface area contributed by atoms with Crippen molar-refractivity contribution in [1.29, 1.82) is 0 Å². The zero-order valence-electron chi connectivity index (χ0n) is 9.13. The van der Waals surface area contributed by atoms with E-state index < -0.39 is 5.60 Å². The molecule has 0 aliphatic carbocycles. The van der Waals surface area contributed by atoms with E-state index in [1.807, 2.05) is 52.0 Å². The largest absolute Gasteiger partial charge is 0.385 e. The molecule has 1 atom stereocenters. The average molecular weight is 257 g/mol. The number of rotatable bonds is 1. The fraction of sp³-hybridized carbons (Fsp3) is 0.500. The van der Waals surface area contributed by atoms with Crippen molar-refractivity contribution in [3.05, 3.63) is 34.3 Å². The number of benzene rings is 1. The van der Waals surface area contributed by atoms with Crippen molar-refractivity contribution in [2.45, 2.75) is 33.3 Å². The zero-order chi connectivity index (χ0) is 11.0. The quantitative estimate of drug-likeness (QED) is 0.813. The average Bonchev–Trinajstić information content (AvgIpc) is 2.02. The minimum Gasteiger partial charge on any atom is -0.385 e. The van der Waals surface area contributed by atoms with Crippen molar-refractivity contribution < 1.29 is 5.11 Å². The summed E-state index contributed by atoms with van der Waals surface area (Å²) in [5, 5.41) is 10.5. The molecule has 0 fully saturated rings. The fourth-order valence-electron chi connectivity index (χ4n) is 1.26. The number of aliphatic hydroxyl groups is 1. The molecule has 1 unspecified atom stereocenters. The van der Waals surface area contributed by atoms with Gasteiger partial charge in [-0.1, -0.05) is 54.9 Å².